The molecule has 1 nitrogen and oxygen atoms in total. The molecule has 1 aliphatic carbocycles. The van der Waals surface area contributed by atoms with E-state index in [0.29, 0.717) is 6.42 Å². The Morgan fingerprint density at radius 2 is 1.92 bits per heavy atom. The number of allylic oxidation sites excluding steroid dienone is 2. The molecule has 0 fully saturated rings. The second-order valence-electron chi connectivity index (χ2n) is 3.49. The average Bonchev–Trinajstić information content (AvgIpc) is 2.06. The molecule has 1 unspecified atom stereocenters. The van der Waals surface area contributed by atoms with E-state index in [-0.39, 0.29) is 24.3 Å². The van der Waals surface area contributed by atoms with Gasteiger partial charge in [0, 0.05) is 6.42 Å². The number of hydrogen-bond acceptors (Lipinski definition) is 1. The van der Waals surface area contributed by atoms with E-state index in [0.717, 1.165) is 0 Å². The molecule has 2 heteroatoms. The molecule has 1 atom stereocenters. The fraction of sp³-hybridized carbons (Fsp3) is 0.455. The molecule has 0 aromatic carbocycles. The van der Waals surface area contributed by atoms with E-state index in [1.54, 1.807) is 12.2 Å². The Morgan fingerprint density at radius 3 is 2.62 bits per heavy atom. The van der Waals surface area contributed by atoms with Crippen LogP contribution in [0.3, 0.4) is 0 Å². The van der Waals surface area contributed by atoms with Gasteiger partial charge in [0.2, 0.25) is 0 Å². The topological polar surface area (TPSA) is 23.1 Å². The van der Waals surface area contributed by atoms with Crippen LogP contribution < -0.4 is 24.0 Å². The minimum Gasteiger partial charge on any atom is -0.842 e. The molecular weight excluding hydrogens is 155 g/mol. The van der Waals surface area contributed by atoms with E-state index in [2.05, 4.69) is 23.7 Å². The summed E-state index contributed by atoms with van der Waals surface area (Å²) in [5.41, 5.74) is -0.341. The molecule has 0 N–H and O–H groups in total. The summed E-state index contributed by atoms with van der Waals surface area (Å²) < 4.78 is 0. The van der Waals surface area contributed by atoms with Crippen molar-refractivity contribution in [2.24, 2.45) is 5.41 Å². The zero-order valence-corrected chi connectivity index (χ0v) is 8.35. The van der Waals surface area contributed by atoms with Crippen LogP contribution in [0.25, 0.3) is 0 Å². The predicted molar refractivity (Wildman–Crippen MR) is 46.9 cm³/mol. The molecule has 0 aromatic rings. The van der Waals surface area contributed by atoms with Gasteiger partial charge in [-0.05, 0) is 17.6 Å². The Labute approximate surface area is 91.8 Å². The summed E-state index contributed by atoms with van der Waals surface area (Å²) in [6, 6.07) is 0. The van der Waals surface area contributed by atoms with E-state index >= 15 is 0 Å². The zero-order chi connectivity index (χ0) is 9.03. The van der Waals surface area contributed by atoms with Crippen LogP contribution in [-0.2, 0) is 0 Å². The average molecular weight is 166 g/mol. The van der Waals surface area contributed by atoms with Crippen molar-refractivity contribution in [3.63, 3.8) is 0 Å². The second-order valence-corrected chi connectivity index (χ2v) is 3.49. The maximum absolute atomic E-state index is 11.4. The number of rotatable bonds is 0. The van der Waals surface area contributed by atoms with Gasteiger partial charge in [-0.1, -0.05) is 37.7 Å². The minimum absolute atomic E-state index is 0. The van der Waals surface area contributed by atoms with E-state index in [4.69, 9.17) is 0 Å². The van der Waals surface area contributed by atoms with Crippen molar-refractivity contribution in [1.82, 2.24) is 0 Å². The maximum atomic E-state index is 11.4. The molecule has 62 valence electrons. The fourth-order valence-corrected chi connectivity index (χ4v) is 0.833. The minimum atomic E-state index is -0.838. The molecule has 1 rings (SSSR count). The first-order chi connectivity index (χ1) is 5.63. The molecule has 13 heavy (non-hydrogen) atoms. The third kappa shape index (κ3) is 3.76. The summed E-state index contributed by atoms with van der Waals surface area (Å²) >= 11 is 0. The van der Waals surface area contributed by atoms with E-state index in [1.165, 1.54) is 0 Å². The van der Waals surface area contributed by atoms with Gasteiger partial charge in [-0.15, -0.1) is 5.92 Å². The van der Waals surface area contributed by atoms with Gasteiger partial charge in [-0.3, -0.25) is 0 Å². The van der Waals surface area contributed by atoms with E-state index in [9.17, 15) is 5.11 Å². The molecular formula is C11H11LiO. The van der Waals surface area contributed by atoms with Crippen molar-refractivity contribution in [2.45, 2.75) is 26.4 Å². The van der Waals surface area contributed by atoms with Crippen LogP contribution in [-0.4, -0.2) is 6.10 Å². The third-order valence-electron chi connectivity index (χ3n) is 1.82. The van der Waals surface area contributed by atoms with Crippen LogP contribution >= 0.6 is 0 Å². The van der Waals surface area contributed by atoms with E-state index < -0.39 is 6.10 Å². The quantitative estimate of drug-likeness (QED) is 0.293. The smallest absolute Gasteiger partial charge is 0.842 e. The maximum Gasteiger partial charge on any atom is 1.00 e. The monoisotopic (exact) mass is 166 g/mol. The summed E-state index contributed by atoms with van der Waals surface area (Å²) in [6.07, 6.45) is 3.08. The largest absolute Gasteiger partial charge is 1.00 e. The molecule has 0 saturated carbocycles. The van der Waals surface area contributed by atoms with Gasteiger partial charge in [0.05, 0.1) is 0 Å². The Bertz CT molecular complexity index is 306. The van der Waals surface area contributed by atoms with Crippen LogP contribution in [0.15, 0.2) is 12.2 Å². The first-order valence-corrected chi connectivity index (χ1v) is 3.93. The Hall–Kier alpha value is -0.583. The molecule has 0 amide bonds. The van der Waals surface area contributed by atoms with Crippen molar-refractivity contribution in [1.29, 1.82) is 0 Å². The molecule has 1 aliphatic rings. The standard InChI is InChI=1S/C11H11O.Li/c1-11(2)9-7-5-3-4-6-8-10(11)12;/h3-4,10H,9H2,1-2H3;/q-1;+1/b4-3-;. The molecule has 0 bridgehead atoms. The van der Waals surface area contributed by atoms with Crippen LogP contribution in [0.2, 0.25) is 0 Å². The molecule has 0 aromatic heterocycles. The first-order valence-electron chi connectivity index (χ1n) is 3.93. The summed E-state index contributed by atoms with van der Waals surface area (Å²) in [4.78, 5) is 0. The van der Waals surface area contributed by atoms with Gasteiger partial charge in [0.15, 0.2) is 0 Å². The molecule has 0 spiro atoms. The third-order valence-corrected chi connectivity index (χ3v) is 1.82. The first kappa shape index (κ1) is 12.4. The van der Waals surface area contributed by atoms with Crippen LogP contribution in [0.4, 0.5) is 0 Å². The van der Waals surface area contributed by atoms with Gasteiger partial charge in [-0.25, -0.2) is 0 Å². The van der Waals surface area contributed by atoms with Gasteiger partial charge in [0.1, 0.15) is 0 Å². The Balaban J connectivity index is 0.00000144. The van der Waals surface area contributed by atoms with Gasteiger partial charge in [0.25, 0.3) is 0 Å². The SMILES string of the molecule is CC1(C)CC#C/C=C\C#CC1[O-].[Li+]. The van der Waals surface area contributed by atoms with Crippen LogP contribution in [0, 0.1) is 29.1 Å². The van der Waals surface area contributed by atoms with Gasteiger partial charge < -0.3 is 5.11 Å². The summed E-state index contributed by atoms with van der Waals surface area (Å²) in [7, 11) is 0. The second kappa shape index (κ2) is 5.21. The Kier molecular flexibility index (Phi) is 4.98. The predicted octanol–water partition coefficient (Wildman–Crippen LogP) is -2.29. The van der Waals surface area contributed by atoms with Gasteiger partial charge >= 0.3 is 18.9 Å². The molecule has 0 aliphatic heterocycles. The van der Waals surface area contributed by atoms with Crippen molar-refractivity contribution in [3.8, 4) is 23.7 Å². The Morgan fingerprint density at radius 1 is 1.31 bits per heavy atom. The molecule has 0 radical (unpaired) electrons. The summed E-state index contributed by atoms with van der Waals surface area (Å²) in [5.74, 6) is 11.1. The van der Waals surface area contributed by atoms with Crippen molar-refractivity contribution in [2.75, 3.05) is 0 Å². The molecule has 0 heterocycles. The van der Waals surface area contributed by atoms with Gasteiger partial charge in [-0.2, -0.15) is 0 Å². The summed E-state index contributed by atoms with van der Waals surface area (Å²) in [5, 5.41) is 11.4. The van der Waals surface area contributed by atoms with Crippen molar-refractivity contribution in [3.05, 3.63) is 12.2 Å². The normalized spacial score (nSPS) is 25.6. The van der Waals surface area contributed by atoms with Crippen molar-refractivity contribution < 1.29 is 24.0 Å². The van der Waals surface area contributed by atoms with Crippen LogP contribution in [0.1, 0.15) is 20.3 Å². The van der Waals surface area contributed by atoms with E-state index in [1.807, 2.05) is 13.8 Å². The summed E-state index contributed by atoms with van der Waals surface area (Å²) in [6.45, 7) is 3.80. The molecule has 0 saturated heterocycles. The van der Waals surface area contributed by atoms with Crippen LogP contribution in [0.5, 0.6) is 0 Å². The fourth-order valence-electron chi connectivity index (χ4n) is 0.833. The number of hydrogen-bond donors (Lipinski definition) is 0. The van der Waals surface area contributed by atoms with Crippen molar-refractivity contribution >= 4 is 0 Å². The zero-order valence-electron chi connectivity index (χ0n) is 8.35.